The van der Waals surface area contributed by atoms with Gasteiger partial charge in [-0.2, -0.15) is 0 Å². The quantitative estimate of drug-likeness (QED) is 0.597. The molecule has 2 saturated heterocycles. The van der Waals surface area contributed by atoms with E-state index in [2.05, 4.69) is 21.3 Å². The van der Waals surface area contributed by atoms with Crippen LogP contribution in [0.1, 0.15) is 32.1 Å². The van der Waals surface area contributed by atoms with Gasteiger partial charge in [0.1, 0.15) is 6.04 Å². The Hall–Kier alpha value is -2.08. The number of carbonyl (C=O) groups excluding carboxylic acids is 2. The molecule has 0 aliphatic carbocycles. The minimum atomic E-state index is -0.332. The van der Waals surface area contributed by atoms with Crippen molar-refractivity contribution in [3.63, 3.8) is 0 Å². The Bertz CT molecular complexity index is 567. The molecule has 1 aromatic rings. The van der Waals surface area contributed by atoms with Crippen LogP contribution in [0.3, 0.4) is 0 Å². The molecule has 0 radical (unpaired) electrons. The number of hydrogen-bond donors (Lipinski definition) is 4. The monoisotopic (exact) mass is 330 g/mol. The van der Waals surface area contributed by atoms with Gasteiger partial charge in [-0.25, -0.2) is 0 Å². The minimum absolute atomic E-state index is 0.189. The van der Waals surface area contributed by atoms with Crippen molar-refractivity contribution in [2.24, 2.45) is 5.92 Å². The van der Waals surface area contributed by atoms with Crippen molar-refractivity contribution < 1.29 is 9.59 Å². The summed E-state index contributed by atoms with van der Waals surface area (Å²) < 4.78 is 0. The Labute approximate surface area is 142 Å². The van der Waals surface area contributed by atoms with Crippen LogP contribution in [0.15, 0.2) is 24.3 Å². The average Bonchev–Trinajstić information content (AvgIpc) is 2.60. The highest BCUT2D eigenvalue weighted by Gasteiger charge is 2.26. The third kappa shape index (κ3) is 4.71. The zero-order valence-electron chi connectivity index (χ0n) is 13.9. The molecule has 2 aliphatic rings. The number of carbonyl (C=O) groups is 2. The molecule has 2 aliphatic heterocycles. The first kappa shape index (κ1) is 16.8. The van der Waals surface area contributed by atoms with Gasteiger partial charge in [0.15, 0.2) is 0 Å². The second-order valence-electron chi connectivity index (χ2n) is 6.63. The number of benzene rings is 1. The van der Waals surface area contributed by atoms with Crippen molar-refractivity contribution in [2.45, 2.75) is 38.1 Å². The van der Waals surface area contributed by atoms with Crippen molar-refractivity contribution in [2.75, 3.05) is 30.3 Å². The van der Waals surface area contributed by atoms with E-state index in [1.807, 2.05) is 24.3 Å². The van der Waals surface area contributed by atoms with Gasteiger partial charge in [-0.3, -0.25) is 14.9 Å². The van der Waals surface area contributed by atoms with Crippen LogP contribution in [-0.2, 0) is 9.59 Å². The Morgan fingerprint density at radius 1 is 1.00 bits per heavy atom. The highest BCUT2D eigenvalue weighted by molar-refractivity contribution is 6.01. The Morgan fingerprint density at radius 2 is 1.71 bits per heavy atom. The molecule has 0 spiro atoms. The second kappa shape index (κ2) is 8.15. The van der Waals surface area contributed by atoms with Gasteiger partial charge in [0.05, 0.1) is 0 Å². The molecule has 6 nitrogen and oxygen atoms in total. The lowest BCUT2D eigenvalue weighted by molar-refractivity contribution is -0.133. The fraction of sp³-hybridized carbons (Fsp3) is 0.556. The maximum Gasteiger partial charge on any atom is 0.249 e. The predicted molar refractivity (Wildman–Crippen MR) is 94.9 cm³/mol. The molecule has 2 amide bonds. The molecule has 0 aromatic heterocycles. The maximum absolute atomic E-state index is 11.8. The normalized spacial score (nSPS) is 22.1. The van der Waals surface area contributed by atoms with Gasteiger partial charge in [0.2, 0.25) is 11.8 Å². The molecule has 2 heterocycles. The number of piperidine rings is 2. The summed E-state index contributed by atoms with van der Waals surface area (Å²) in [6, 6.07) is 7.65. The largest absolute Gasteiger partial charge is 0.385 e. The van der Waals surface area contributed by atoms with Gasteiger partial charge < -0.3 is 16.0 Å². The Morgan fingerprint density at radius 3 is 2.42 bits per heavy atom. The van der Waals surface area contributed by atoms with E-state index >= 15 is 0 Å². The van der Waals surface area contributed by atoms with Crippen LogP contribution in [0.25, 0.3) is 0 Å². The van der Waals surface area contributed by atoms with Gasteiger partial charge in [-0.1, -0.05) is 0 Å². The number of amides is 2. The van der Waals surface area contributed by atoms with E-state index in [4.69, 9.17) is 0 Å². The lowest BCUT2D eigenvalue weighted by Crippen LogP contribution is -2.47. The zero-order valence-corrected chi connectivity index (χ0v) is 13.9. The third-order valence-corrected chi connectivity index (χ3v) is 4.81. The summed E-state index contributed by atoms with van der Waals surface area (Å²) in [7, 11) is 0. The summed E-state index contributed by atoms with van der Waals surface area (Å²) in [5, 5.41) is 12.4. The van der Waals surface area contributed by atoms with Gasteiger partial charge in [0.25, 0.3) is 0 Å². The smallest absolute Gasteiger partial charge is 0.249 e. The first-order valence-corrected chi connectivity index (χ1v) is 8.85. The minimum Gasteiger partial charge on any atom is -0.385 e. The van der Waals surface area contributed by atoms with E-state index in [9.17, 15) is 9.59 Å². The number of hydrogen-bond acceptors (Lipinski definition) is 5. The number of nitrogens with one attached hydrogen (secondary N) is 4. The molecule has 2 fully saturated rings. The number of anilines is 2. The van der Waals surface area contributed by atoms with E-state index in [0.717, 1.165) is 36.9 Å². The van der Waals surface area contributed by atoms with E-state index < -0.39 is 0 Å². The maximum atomic E-state index is 11.8. The SMILES string of the molecule is O=C1CCC(Nc2ccc(NCCC3CCNCC3)cc2)C(=O)N1. The summed E-state index contributed by atoms with van der Waals surface area (Å²) in [4.78, 5) is 22.9. The van der Waals surface area contributed by atoms with Crippen molar-refractivity contribution in [1.82, 2.24) is 10.6 Å². The van der Waals surface area contributed by atoms with Crippen molar-refractivity contribution >= 4 is 23.2 Å². The zero-order chi connectivity index (χ0) is 16.8. The molecule has 1 aromatic carbocycles. The van der Waals surface area contributed by atoms with Crippen LogP contribution < -0.4 is 21.3 Å². The molecular formula is C18H26N4O2. The van der Waals surface area contributed by atoms with Crippen molar-refractivity contribution in [3.05, 3.63) is 24.3 Å². The highest BCUT2D eigenvalue weighted by Crippen LogP contribution is 2.19. The average molecular weight is 330 g/mol. The lowest BCUT2D eigenvalue weighted by Gasteiger charge is -2.23. The first-order chi connectivity index (χ1) is 11.7. The van der Waals surface area contributed by atoms with Crippen molar-refractivity contribution in [3.8, 4) is 0 Å². The van der Waals surface area contributed by atoms with Crippen LogP contribution in [0.4, 0.5) is 11.4 Å². The molecule has 0 saturated carbocycles. The van der Waals surface area contributed by atoms with Crippen LogP contribution in [0.2, 0.25) is 0 Å². The van der Waals surface area contributed by atoms with Crippen LogP contribution in [0, 0.1) is 5.92 Å². The summed E-state index contributed by atoms with van der Waals surface area (Å²) in [6.07, 6.45) is 4.69. The van der Waals surface area contributed by atoms with Gasteiger partial charge in [-0.15, -0.1) is 0 Å². The van der Waals surface area contributed by atoms with Crippen LogP contribution in [-0.4, -0.2) is 37.5 Å². The fourth-order valence-electron chi connectivity index (χ4n) is 3.31. The van der Waals surface area contributed by atoms with E-state index in [0.29, 0.717) is 12.8 Å². The number of imide groups is 1. The molecule has 1 unspecified atom stereocenters. The topological polar surface area (TPSA) is 82.3 Å². The van der Waals surface area contributed by atoms with Crippen LogP contribution in [0.5, 0.6) is 0 Å². The van der Waals surface area contributed by atoms with Gasteiger partial charge in [-0.05, 0) is 69.0 Å². The molecule has 130 valence electrons. The lowest BCUT2D eigenvalue weighted by atomic mass is 9.95. The molecule has 1 atom stereocenters. The predicted octanol–water partition coefficient (Wildman–Crippen LogP) is 1.71. The molecule has 24 heavy (non-hydrogen) atoms. The van der Waals surface area contributed by atoms with E-state index in [1.54, 1.807) is 0 Å². The van der Waals surface area contributed by atoms with Crippen LogP contribution >= 0.6 is 0 Å². The van der Waals surface area contributed by atoms with E-state index in [-0.39, 0.29) is 17.9 Å². The Kier molecular flexibility index (Phi) is 5.69. The van der Waals surface area contributed by atoms with Gasteiger partial charge in [0, 0.05) is 24.3 Å². The third-order valence-electron chi connectivity index (χ3n) is 4.81. The Balaban J connectivity index is 1.43. The highest BCUT2D eigenvalue weighted by atomic mass is 16.2. The van der Waals surface area contributed by atoms with E-state index in [1.165, 1.54) is 19.3 Å². The molecule has 3 rings (SSSR count). The summed E-state index contributed by atoms with van der Waals surface area (Å²) in [6.45, 7) is 3.28. The summed E-state index contributed by atoms with van der Waals surface area (Å²) in [5.41, 5.74) is 1.99. The standard InChI is InChI=1S/C18H26N4O2/c23-17-6-5-16(18(24)22-17)21-15-3-1-14(2-4-15)20-12-9-13-7-10-19-11-8-13/h1-4,13,16,19-21H,5-12H2,(H,22,23,24). The molecular weight excluding hydrogens is 304 g/mol. The molecule has 6 heteroatoms. The fourth-order valence-corrected chi connectivity index (χ4v) is 3.31. The number of rotatable bonds is 6. The molecule has 0 bridgehead atoms. The second-order valence-corrected chi connectivity index (χ2v) is 6.63. The van der Waals surface area contributed by atoms with Crippen molar-refractivity contribution in [1.29, 1.82) is 0 Å². The van der Waals surface area contributed by atoms with Gasteiger partial charge >= 0.3 is 0 Å². The summed E-state index contributed by atoms with van der Waals surface area (Å²) in [5.74, 6) is 0.397. The molecule has 4 N–H and O–H groups in total. The summed E-state index contributed by atoms with van der Waals surface area (Å²) >= 11 is 0. The first-order valence-electron chi connectivity index (χ1n) is 8.85.